The molecule has 0 spiro atoms. The van der Waals surface area contributed by atoms with E-state index in [-0.39, 0.29) is 15.4 Å². The van der Waals surface area contributed by atoms with Crippen LogP contribution in [0.25, 0.3) is 0 Å². The lowest BCUT2D eigenvalue weighted by Crippen LogP contribution is -2.36. The molecule has 0 bridgehead atoms. The summed E-state index contributed by atoms with van der Waals surface area (Å²) in [5, 5.41) is 0. The molecule has 1 aromatic carbocycles. The van der Waals surface area contributed by atoms with Crippen LogP contribution in [0.5, 0.6) is 0 Å². The average Bonchev–Trinajstić information content (AvgIpc) is 2.28. The van der Waals surface area contributed by atoms with Crippen molar-refractivity contribution in [1.82, 2.24) is 4.31 Å². The number of hydrogen-bond donors (Lipinski definition) is 2. The average molecular weight is 287 g/mol. The molecule has 0 unspecified atom stereocenters. The van der Waals surface area contributed by atoms with Crippen LogP contribution in [0.3, 0.4) is 0 Å². The second kappa shape index (κ2) is 5.42. The molecule has 1 amide bonds. The fraction of sp³-hybridized carbons (Fsp3) is 0.200. The van der Waals surface area contributed by atoms with Crippen LogP contribution in [0.4, 0.5) is 0 Å². The quantitative estimate of drug-likeness (QED) is 0.705. The molecule has 18 heavy (non-hydrogen) atoms. The SMILES string of the molecule is CN(CC(N)=O)S(=O)(=O)c1ccccc1C(N)=S. The zero-order chi connectivity index (χ0) is 13.9. The summed E-state index contributed by atoms with van der Waals surface area (Å²) in [5.74, 6) is -0.742. The maximum absolute atomic E-state index is 12.2. The van der Waals surface area contributed by atoms with Crippen LogP contribution < -0.4 is 11.5 Å². The van der Waals surface area contributed by atoms with Crippen molar-refractivity contribution in [2.45, 2.75) is 4.90 Å². The van der Waals surface area contributed by atoms with Gasteiger partial charge in [0.05, 0.1) is 11.4 Å². The second-order valence-corrected chi connectivity index (χ2v) is 6.04. The standard InChI is InChI=1S/C10H13N3O3S2/c1-13(6-9(11)14)18(15,16)8-5-3-2-4-7(8)10(12)17/h2-5H,6H2,1H3,(H2,11,14)(H2,12,17). The molecule has 4 N–H and O–H groups in total. The molecule has 0 radical (unpaired) electrons. The van der Waals surface area contributed by atoms with Gasteiger partial charge < -0.3 is 11.5 Å². The predicted molar refractivity (Wildman–Crippen MR) is 71.3 cm³/mol. The molecular weight excluding hydrogens is 274 g/mol. The van der Waals surface area contributed by atoms with E-state index in [9.17, 15) is 13.2 Å². The fourth-order valence-corrected chi connectivity index (χ4v) is 2.95. The van der Waals surface area contributed by atoms with Crippen molar-refractivity contribution in [3.05, 3.63) is 29.8 Å². The van der Waals surface area contributed by atoms with E-state index in [4.69, 9.17) is 23.7 Å². The van der Waals surface area contributed by atoms with Crippen LogP contribution in [0.2, 0.25) is 0 Å². The molecule has 1 aromatic rings. The Morgan fingerprint density at radius 3 is 2.39 bits per heavy atom. The van der Waals surface area contributed by atoms with Gasteiger partial charge in [-0.2, -0.15) is 4.31 Å². The number of nitrogens with two attached hydrogens (primary N) is 2. The normalized spacial score (nSPS) is 11.4. The van der Waals surface area contributed by atoms with Gasteiger partial charge in [-0.15, -0.1) is 0 Å². The van der Waals surface area contributed by atoms with E-state index >= 15 is 0 Å². The van der Waals surface area contributed by atoms with Gasteiger partial charge in [-0.1, -0.05) is 30.4 Å². The zero-order valence-corrected chi connectivity index (χ0v) is 11.3. The molecule has 0 atom stereocenters. The summed E-state index contributed by atoms with van der Waals surface area (Å²) in [6, 6.07) is 6.06. The van der Waals surface area contributed by atoms with E-state index in [0.29, 0.717) is 0 Å². The fourth-order valence-electron chi connectivity index (χ4n) is 1.37. The Morgan fingerprint density at radius 2 is 1.89 bits per heavy atom. The Hall–Kier alpha value is -1.51. The van der Waals surface area contributed by atoms with Gasteiger partial charge in [0.2, 0.25) is 15.9 Å². The smallest absolute Gasteiger partial charge is 0.243 e. The van der Waals surface area contributed by atoms with Crippen molar-refractivity contribution in [2.24, 2.45) is 11.5 Å². The lowest BCUT2D eigenvalue weighted by molar-refractivity contribution is -0.118. The van der Waals surface area contributed by atoms with Gasteiger partial charge in [-0.05, 0) is 6.07 Å². The number of benzene rings is 1. The first-order valence-electron chi connectivity index (χ1n) is 4.90. The van der Waals surface area contributed by atoms with E-state index in [1.165, 1.54) is 19.2 Å². The summed E-state index contributed by atoms with van der Waals surface area (Å²) in [6.07, 6.45) is 0. The van der Waals surface area contributed by atoms with Crippen LogP contribution in [-0.2, 0) is 14.8 Å². The lowest BCUT2D eigenvalue weighted by Gasteiger charge is -2.17. The lowest BCUT2D eigenvalue weighted by atomic mass is 10.2. The minimum atomic E-state index is -3.84. The van der Waals surface area contributed by atoms with Crippen molar-refractivity contribution >= 4 is 33.1 Å². The van der Waals surface area contributed by atoms with Crippen molar-refractivity contribution in [3.8, 4) is 0 Å². The number of amides is 1. The third-order valence-corrected chi connectivity index (χ3v) is 4.30. The molecule has 0 saturated heterocycles. The van der Waals surface area contributed by atoms with Gasteiger partial charge >= 0.3 is 0 Å². The van der Waals surface area contributed by atoms with E-state index in [2.05, 4.69) is 0 Å². The first kappa shape index (κ1) is 14.6. The number of carbonyl (C=O) groups excluding carboxylic acids is 1. The maximum atomic E-state index is 12.2. The van der Waals surface area contributed by atoms with Gasteiger partial charge in [-0.25, -0.2) is 8.42 Å². The number of primary amides is 1. The minimum Gasteiger partial charge on any atom is -0.389 e. The Labute approximate surface area is 111 Å². The molecule has 0 aliphatic carbocycles. The molecular formula is C10H13N3O3S2. The summed E-state index contributed by atoms with van der Waals surface area (Å²) in [5.41, 5.74) is 10.7. The molecule has 0 aromatic heterocycles. The van der Waals surface area contributed by atoms with Crippen LogP contribution in [-0.4, -0.2) is 37.2 Å². The molecule has 0 aliphatic heterocycles. The first-order valence-corrected chi connectivity index (χ1v) is 6.75. The topological polar surface area (TPSA) is 106 Å². The molecule has 98 valence electrons. The predicted octanol–water partition coefficient (Wildman–Crippen LogP) is -0.573. The van der Waals surface area contributed by atoms with Gasteiger partial charge in [0.1, 0.15) is 4.99 Å². The van der Waals surface area contributed by atoms with Gasteiger partial charge in [0.25, 0.3) is 0 Å². The van der Waals surface area contributed by atoms with E-state index < -0.39 is 22.5 Å². The summed E-state index contributed by atoms with van der Waals surface area (Å²) >= 11 is 4.80. The van der Waals surface area contributed by atoms with E-state index in [1.807, 2.05) is 0 Å². The summed E-state index contributed by atoms with van der Waals surface area (Å²) in [4.78, 5) is 10.7. The van der Waals surface area contributed by atoms with Crippen molar-refractivity contribution in [3.63, 3.8) is 0 Å². The Morgan fingerprint density at radius 1 is 1.33 bits per heavy atom. The highest BCUT2D eigenvalue weighted by Crippen LogP contribution is 2.18. The number of sulfonamides is 1. The molecule has 8 heteroatoms. The van der Waals surface area contributed by atoms with Gasteiger partial charge in [0.15, 0.2) is 0 Å². The highest BCUT2D eigenvalue weighted by Gasteiger charge is 2.25. The Kier molecular flexibility index (Phi) is 4.38. The first-order chi connectivity index (χ1) is 8.26. The van der Waals surface area contributed by atoms with E-state index in [0.717, 1.165) is 4.31 Å². The van der Waals surface area contributed by atoms with Crippen molar-refractivity contribution < 1.29 is 13.2 Å². The molecule has 0 saturated carbocycles. The number of thiocarbonyl (C=S) groups is 1. The van der Waals surface area contributed by atoms with Crippen LogP contribution in [0.1, 0.15) is 5.56 Å². The third kappa shape index (κ3) is 3.03. The number of likely N-dealkylation sites (N-methyl/N-ethyl adjacent to an activating group) is 1. The maximum Gasteiger partial charge on any atom is 0.243 e. The minimum absolute atomic E-state index is 0.0262. The largest absolute Gasteiger partial charge is 0.389 e. The monoisotopic (exact) mass is 287 g/mol. The van der Waals surface area contributed by atoms with Gasteiger partial charge in [-0.3, -0.25) is 4.79 Å². The number of carbonyl (C=O) groups is 1. The molecule has 0 fully saturated rings. The number of nitrogens with zero attached hydrogens (tertiary/aromatic N) is 1. The number of rotatable bonds is 5. The molecule has 6 nitrogen and oxygen atoms in total. The third-order valence-electron chi connectivity index (χ3n) is 2.22. The Bertz CT molecular complexity index is 584. The summed E-state index contributed by atoms with van der Waals surface area (Å²) in [6.45, 7) is -0.409. The Balaban J connectivity index is 3.29. The second-order valence-electron chi connectivity index (χ2n) is 3.59. The van der Waals surface area contributed by atoms with Crippen LogP contribution in [0, 0.1) is 0 Å². The zero-order valence-electron chi connectivity index (χ0n) is 9.66. The van der Waals surface area contributed by atoms with Crippen LogP contribution in [0.15, 0.2) is 29.2 Å². The summed E-state index contributed by atoms with van der Waals surface area (Å²) < 4.78 is 25.2. The van der Waals surface area contributed by atoms with E-state index in [1.54, 1.807) is 12.1 Å². The number of hydrogen-bond acceptors (Lipinski definition) is 4. The van der Waals surface area contributed by atoms with Crippen LogP contribution >= 0.6 is 12.2 Å². The highest BCUT2D eigenvalue weighted by molar-refractivity contribution is 7.89. The van der Waals surface area contributed by atoms with Crippen molar-refractivity contribution in [2.75, 3.05) is 13.6 Å². The highest BCUT2D eigenvalue weighted by atomic mass is 32.2. The molecule has 0 aliphatic rings. The van der Waals surface area contributed by atoms with Gasteiger partial charge in [0, 0.05) is 12.6 Å². The van der Waals surface area contributed by atoms with Crippen molar-refractivity contribution in [1.29, 1.82) is 0 Å². The molecule has 0 heterocycles. The molecule has 1 rings (SSSR count). The summed E-state index contributed by atoms with van der Waals surface area (Å²) in [7, 11) is -2.58.